The van der Waals surface area contributed by atoms with Crippen LogP contribution in [-0.4, -0.2) is 58.0 Å². The summed E-state index contributed by atoms with van der Waals surface area (Å²) in [5, 5.41) is 4.13. The van der Waals surface area contributed by atoms with Crippen molar-refractivity contribution in [1.82, 2.24) is 14.8 Å². The number of carbonyl (C=O) groups excluding carboxylic acids is 2. The predicted octanol–water partition coefficient (Wildman–Crippen LogP) is 2.73. The Bertz CT molecular complexity index is 974. The molecule has 1 atom stereocenters. The molecule has 2 aliphatic heterocycles. The number of amides is 2. The maximum atomic E-state index is 12.9. The third kappa shape index (κ3) is 4.93. The maximum absolute atomic E-state index is 12.9. The molecular weight excluding hydrogens is 392 g/mol. The van der Waals surface area contributed by atoms with Crippen LogP contribution in [0.3, 0.4) is 0 Å². The molecule has 1 saturated heterocycles. The molecule has 0 aliphatic carbocycles. The highest BCUT2D eigenvalue weighted by atomic mass is 16.7. The van der Waals surface area contributed by atoms with Crippen molar-refractivity contribution < 1.29 is 14.4 Å². The standard InChI is InChI=1S/C24H28N4O3/c1-18-7-9-19(10-8-18)14-22(29)28-13-5-11-24(17-28)15-21(26-31-24)23(30)27(2)16-20-6-3-4-12-25-20/h3-4,6-10,12H,5,11,13-17H2,1-2H3. The van der Waals surface area contributed by atoms with Gasteiger partial charge in [0.1, 0.15) is 5.71 Å². The van der Waals surface area contributed by atoms with Gasteiger partial charge >= 0.3 is 0 Å². The van der Waals surface area contributed by atoms with Crippen LogP contribution in [0.25, 0.3) is 0 Å². The lowest BCUT2D eigenvalue weighted by Gasteiger charge is -2.38. The van der Waals surface area contributed by atoms with Crippen molar-refractivity contribution in [3.05, 3.63) is 65.5 Å². The van der Waals surface area contributed by atoms with E-state index < -0.39 is 5.60 Å². The summed E-state index contributed by atoms with van der Waals surface area (Å²) in [6.07, 6.45) is 4.12. The highest BCUT2D eigenvalue weighted by molar-refractivity contribution is 6.39. The summed E-state index contributed by atoms with van der Waals surface area (Å²) in [7, 11) is 1.74. The second kappa shape index (κ2) is 8.88. The Morgan fingerprint density at radius 1 is 1.19 bits per heavy atom. The highest BCUT2D eigenvalue weighted by Gasteiger charge is 2.46. The van der Waals surface area contributed by atoms with Crippen molar-refractivity contribution in [3.63, 3.8) is 0 Å². The largest absolute Gasteiger partial charge is 0.386 e. The first kappa shape index (κ1) is 21.0. The van der Waals surface area contributed by atoms with Crippen molar-refractivity contribution in [1.29, 1.82) is 0 Å². The Morgan fingerprint density at radius 2 is 2.00 bits per heavy atom. The van der Waals surface area contributed by atoms with Gasteiger partial charge in [0.2, 0.25) is 5.91 Å². The van der Waals surface area contributed by atoms with Crippen LogP contribution in [0.1, 0.15) is 36.1 Å². The summed E-state index contributed by atoms with van der Waals surface area (Å²) in [5.74, 6) is -0.0794. The van der Waals surface area contributed by atoms with E-state index in [-0.39, 0.29) is 11.8 Å². The smallest absolute Gasteiger partial charge is 0.271 e. The van der Waals surface area contributed by atoms with E-state index in [1.54, 1.807) is 18.1 Å². The Kier molecular flexibility index (Phi) is 6.02. The lowest BCUT2D eigenvalue weighted by molar-refractivity contribution is -0.139. The molecule has 1 aromatic heterocycles. The zero-order chi connectivity index (χ0) is 21.8. The van der Waals surface area contributed by atoms with Gasteiger partial charge < -0.3 is 14.6 Å². The Labute approximate surface area is 182 Å². The molecule has 0 N–H and O–H groups in total. The van der Waals surface area contributed by atoms with E-state index >= 15 is 0 Å². The molecule has 2 aromatic rings. The zero-order valence-corrected chi connectivity index (χ0v) is 18.1. The van der Waals surface area contributed by atoms with Gasteiger partial charge in [-0.1, -0.05) is 41.1 Å². The predicted molar refractivity (Wildman–Crippen MR) is 117 cm³/mol. The minimum absolute atomic E-state index is 0.0820. The minimum Gasteiger partial charge on any atom is -0.386 e. The number of pyridine rings is 1. The molecule has 7 heteroatoms. The van der Waals surface area contributed by atoms with Crippen molar-refractivity contribution >= 4 is 17.5 Å². The number of piperidine rings is 1. The molecule has 2 amide bonds. The minimum atomic E-state index is -0.599. The average molecular weight is 421 g/mol. The van der Waals surface area contributed by atoms with Gasteiger partial charge in [0.15, 0.2) is 5.60 Å². The summed E-state index contributed by atoms with van der Waals surface area (Å²) in [6.45, 7) is 3.61. The van der Waals surface area contributed by atoms with Crippen molar-refractivity contribution in [2.24, 2.45) is 5.16 Å². The number of hydrogen-bond donors (Lipinski definition) is 0. The third-order valence-corrected chi connectivity index (χ3v) is 5.93. The Hall–Kier alpha value is -3.22. The number of hydrogen-bond acceptors (Lipinski definition) is 5. The molecule has 2 aliphatic rings. The lowest BCUT2D eigenvalue weighted by atomic mass is 9.87. The molecule has 7 nitrogen and oxygen atoms in total. The fraction of sp³-hybridized carbons (Fsp3) is 0.417. The molecular formula is C24H28N4O3. The SMILES string of the molecule is Cc1ccc(CC(=O)N2CCCC3(CC(C(=O)N(C)Cc4ccccn4)=NO3)C2)cc1. The molecule has 1 unspecified atom stereocenters. The molecule has 0 saturated carbocycles. The van der Waals surface area contributed by atoms with E-state index in [9.17, 15) is 9.59 Å². The van der Waals surface area contributed by atoms with E-state index in [1.807, 2.05) is 54.3 Å². The molecule has 31 heavy (non-hydrogen) atoms. The molecule has 1 fully saturated rings. The fourth-order valence-electron chi connectivity index (χ4n) is 4.19. The second-order valence-electron chi connectivity index (χ2n) is 8.55. The van der Waals surface area contributed by atoms with Crippen LogP contribution >= 0.6 is 0 Å². The van der Waals surface area contributed by atoms with Crippen LogP contribution in [0.15, 0.2) is 53.8 Å². The molecule has 4 rings (SSSR count). The monoisotopic (exact) mass is 420 g/mol. The quantitative estimate of drug-likeness (QED) is 0.745. The number of rotatable bonds is 5. The van der Waals surface area contributed by atoms with Gasteiger partial charge in [-0.25, -0.2) is 0 Å². The molecule has 0 bridgehead atoms. The first-order chi connectivity index (χ1) is 14.9. The first-order valence-electron chi connectivity index (χ1n) is 10.7. The first-order valence-corrected chi connectivity index (χ1v) is 10.7. The van der Waals surface area contributed by atoms with E-state index in [0.29, 0.717) is 38.2 Å². The summed E-state index contributed by atoms with van der Waals surface area (Å²) in [6, 6.07) is 13.7. The van der Waals surface area contributed by atoms with E-state index in [1.165, 1.54) is 5.56 Å². The van der Waals surface area contributed by atoms with E-state index in [0.717, 1.165) is 24.1 Å². The number of oxime groups is 1. The summed E-state index contributed by atoms with van der Waals surface area (Å²) >= 11 is 0. The van der Waals surface area contributed by atoms with Crippen LogP contribution in [-0.2, 0) is 27.4 Å². The van der Waals surface area contributed by atoms with Gasteiger partial charge in [0.25, 0.3) is 5.91 Å². The topological polar surface area (TPSA) is 75.1 Å². The maximum Gasteiger partial charge on any atom is 0.271 e. The average Bonchev–Trinajstić information content (AvgIpc) is 3.18. The van der Waals surface area contributed by atoms with Crippen LogP contribution in [0.2, 0.25) is 0 Å². The van der Waals surface area contributed by atoms with Crippen LogP contribution < -0.4 is 0 Å². The van der Waals surface area contributed by atoms with E-state index in [4.69, 9.17) is 4.84 Å². The number of aryl methyl sites for hydroxylation is 1. The van der Waals surface area contributed by atoms with Gasteiger partial charge in [-0.15, -0.1) is 0 Å². The fourth-order valence-corrected chi connectivity index (χ4v) is 4.19. The molecule has 1 aromatic carbocycles. The number of carbonyl (C=O) groups is 2. The zero-order valence-electron chi connectivity index (χ0n) is 18.1. The summed E-state index contributed by atoms with van der Waals surface area (Å²) in [5.41, 5.74) is 2.81. The Balaban J connectivity index is 1.35. The number of benzene rings is 1. The number of aromatic nitrogens is 1. The molecule has 162 valence electrons. The van der Waals surface area contributed by atoms with Gasteiger partial charge in [-0.3, -0.25) is 14.6 Å². The second-order valence-corrected chi connectivity index (χ2v) is 8.55. The Morgan fingerprint density at radius 3 is 2.74 bits per heavy atom. The van der Waals surface area contributed by atoms with Gasteiger partial charge in [0.05, 0.1) is 25.2 Å². The molecule has 3 heterocycles. The van der Waals surface area contributed by atoms with Crippen molar-refractivity contribution in [2.75, 3.05) is 20.1 Å². The van der Waals surface area contributed by atoms with Crippen LogP contribution in [0.5, 0.6) is 0 Å². The molecule has 1 spiro atoms. The van der Waals surface area contributed by atoms with Gasteiger partial charge in [0, 0.05) is 26.2 Å². The van der Waals surface area contributed by atoms with Crippen molar-refractivity contribution in [2.45, 2.75) is 44.8 Å². The number of likely N-dealkylation sites (tertiary alicyclic amines) is 1. The van der Waals surface area contributed by atoms with E-state index in [2.05, 4.69) is 10.1 Å². The van der Waals surface area contributed by atoms with Gasteiger partial charge in [-0.05, 0) is 37.5 Å². The van der Waals surface area contributed by atoms with Crippen molar-refractivity contribution in [3.8, 4) is 0 Å². The normalized spacial score (nSPS) is 20.3. The summed E-state index contributed by atoms with van der Waals surface area (Å²) in [4.78, 5) is 39.3. The van der Waals surface area contributed by atoms with Crippen LogP contribution in [0.4, 0.5) is 0 Å². The molecule has 0 radical (unpaired) electrons. The summed E-state index contributed by atoms with van der Waals surface area (Å²) < 4.78 is 0. The third-order valence-electron chi connectivity index (χ3n) is 5.93. The van der Waals surface area contributed by atoms with Crippen LogP contribution in [0, 0.1) is 6.92 Å². The number of nitrogens with zero attached hydrogens (tertiary/aromatic N) is 4. The highest BCUT2D eigenvalue weighted by Crippen LogP contribution is 2.34. The van der Waals surface area contributed by atoms with Gasteiger partial charge in [-0.2, -0.15) is 0 Å². The lowest BCUT2D eigenvalue weighted by Crippen LogP contribution is -2.51.